The molecule has 0 aliphatic carbocycles. The molecule has 3 rings (SSSR count). The van der Waals surface area contributed by atoms with Crippen LogP contribution in [0.15, 0.2) is 18.5 Å². The number of carbonyl (C=O) groups is 1. The van der Waals surface area contributed by atoms with Gasteiger partial charge in [-0.15, -0.1) is 0 Å². The van der Waals surface area contributed by atoms with E-state index in [2.05, 4.69) is 10.2 Å². The van der Waals surface area contributed by atoms with Crippen molar-refractivity contribution in [2.45, 2.75) is 37.5 Å². The maximum absolute atomic E-state index is 12.5. The molecule has 1 amide bonds. The standard InChI is InChI=1S/C14H19N3O3/c1-19-9-11-2-3-12-13(20-11)5-7-17(12)14(18)10-4-6-15-16-8-10/h4,6,8,11-13H,2-3,5,7,9H2,1H3/t11-,12-,13-/m0/s1. The van der Waals surface area contributed by atoms with Crippen LogP contribution in [0, 0.1) is 0 Å². The van der Waals surface area contributed by atoms with E-state index in [1.54, 1.807) is 19.4 Å². The number of amides is 1. The highest BCUT2D eigenvalue weighted by molar-refractivity contribution is 5.94. The molecular formula is C14H19N3O3. The third-order valence-corrected chi connectivity index (χ3v) is 4.08. The lowest BCUT2D eigenvalue weighted by atomic mass is 9.99. The number of methoxy groups -OCH3 is 1. The van der Waals surface area contributed by atoms with Gasteiger partial charge in [0.25, 0.3) is 5.91 Å². The minimum absolute atomic E-state index is 0.0289. The fourth-order valence-electron chi connectivity index (χ4n) is 3.14. The van der Waals surface area contributed by atoms with E-state index < -0.39 is 0 Å². The molecule has 0 bridgehead atoms. The second kappa shape index (κ2) is 5.85. The van der Waals surface area contributed by atoms with Crippen LogP contribution in [0.2, 0.25) is 0 Å². The molecule has 2 fully saturated rings. The molecule has 0 saturated carbocycles. The van der Waals surface area contributed by atoms with Gasteiger partial charge in [0.1, 0.15) is 0 Å². The van der Waals surface area contributed by atoms with E-state index in [4.69, 9.17) is 9.47 Å². The number of likely N-dealkylation sites (tertiary alicyclic amines) is 1. The Morgan fingerprint density at radius 3 is 3.10 bits per heavy atom. The van der Waals surface area contributed by atoms with Crippen LogP contribution in [0.4, 0.5) is 0 Å². The lowest BCUT2D eigenvalue weighted by molar-refractivity contribution is -0.0903. The predicted octanol–water partition coefficient (Wildman–Crippen LogP) is 0.885. The molecule has 0 radical (unpaired) electrons. The van der Waals surface area contributed by atoms with E-state index in [9.17, 15) is 4.79 Å². The number of fused-ring (bicyclic) bond motifs is 1. The Bertz CT molecular complexity index is 468. The Hall–Kier alpha value is -1.53. The van der Waals surface area contributed by atoms with Crippen LogP contribution in [0.3, 0.4) is 0 Å². The molecule has 20 heavy (non-hydrogen) atoms. The fourth-order valence-corrected chi connectivity index (χ4v) is 3.14. The van der Waals surface area contributed by atoms with Gasteiger partial charge in [-0.3, -0.25) is 4.79 Å². The van der Waals surface area contributed by atoms with Gasteiger partial charge in [0.15, 0.2) is 0 Å². The van der Waals surface area contributed by atoms with Crippen molar-refractivity contribution in [1.29, 1.82) is 0 Å². The summed E-state index contributed by atoms with van der Waals surface area (Å²) in [6.07, 6.45) is 6.19. The fraction of sp³-hybridized carbons (Fsp3) is 0.643. The molecule has 2 aliphatic rings. The number of rotatable bonds is 3. The monoisotopic (exact) mass is 277 g/mol. The average Bonchev–Trinajstić information content (AvgIpc) is 2.91. The van der Waals surface area contributed by atoms with Gasteiger partial charge in [-0.25, -0.2) is 0 Å². The Labute approximate surface area is 118 Å². The molecule has 1 aromatic heterocycles. The first-order valence-electron chi connectivity index (χ1n) is 7.01. The van der Waals surface area contributed by atoms with Crippen molar-refractivity contribution in [1.82, 2.24) is 15.1 Å². The van der Waals surface area contributed by atoms with Crippen molar-refractivity contribution in [3.63, 3.8) is 0 Å². The summed E-state index contributed by atoms with van der Waals surface area (Å²) in [6, 6.07) is 1.89. The number of hydrogen-bond donors (Lipinski definition) is 0. The molecule has 2 saturated heterocycles. The first-order chi connectivity index (χ1) is 9.79. The van der Waals surface area contributed by atoms with Gasteiger partial charge in [-0.2, -0.15) is 10.2 Å². The van der Waals surface area contributed by atoms with Crippen LogP contribution < -0.4 is 0 Å². The summed E-state index contributed by atoms with van der Waals surface area (Å²) in [7, 11) is 1.69. The summed E-state index contributed by atoms with van der Waals surface area (Å²) in [4.78, 5) is 14.4. The molecule has 6 nitrogen and oxygen atoms in total. The maximum Gasteiger partial charge on any atom is 0.255 e. The molecular weight excluding hydrogens is 258 g/mol. The molecule has 108 valence electrons. The van der Waals surface area contributed by atoms with Gasteiger partial charge in [-0.05, 0) is 25.3 Å². The van der Waals surface area contributed by atoms with Crippen LogP contribution in [0.5, 0.6) is 0 Å². The molecule has 3 heterocycles. The van der Waals surface area contributed by atoms with Crippen molar-refractivity contribution in [2.24, 2.45) is 0 Å². The number of ether oxygens (including phenoxy) is 2. The highest BCUT2D eigenvalue weighted by Crippen LogP contribution is 2.32. The van der Waals surface area contributed by atoms with Crippen LogP contribution in [0.25, 0.3) is 0 Å². The number of hydrogen-bond acceptors (Lipinski definition) is 5. The normalized spacial score (nSPS) is 29.2. The Morgan fingerprint density at radius 2 is 2.35 bits per heavy atom. The van der Waals surface area contributed by atoms with E-state index in [0.717, 1.165) is 25.8 Å². The van der Waals surface area contributed by atoms with Crippen LogP contribution in [-0.2, 0) is 9.47 Å². The van der Waals surface area contributed by atoms with Gasteiger partial charge < -0.3 is 14.4 Å². The minimum Gasteiger partial charge on any atom is -0.382 e. The number of aromatic nitrogens is 2. The second-order valence-electron chi connectivity index (χ2n) is 5.31. The topological polar surface area (TPSA) is 64.5 Å². The second-order valence-corrected chi connectivity index (χ2v) is 5.31. The van der Waals surface area contributed by atoms with Gasteiger partial charge >= 0.3 is 0 Å². The summed E-state index contributed by atoms with van der Waals surface area (Å²) in [5, 5.41) is 7.48. The zero-order valence-corrected chi connectivity index (χ0v) is 11.6. The van der Waals surface area contributed by atoms with Gasteiger partial charge in [0, 0.05) is 13.7 Å². The SMILES string of the molecule is COC[C@@H]1CC[C@H]2[C@H](CCN2C(=O)c2ccnnc2)O1. The van der Waals surface area contributed by atoms with Gasteiger partial charge in [0.05, 0.1) is 42.8 Å². The number of carbonyl (C=O) groups excluding carboxylic acids is 1. The quantitative estimate of drug-likeness (QED) is 0.821. The summed E-state index contributed by atoms with van der Waals surface area (Å²) < 4.78 is 11.2. The lowest BCUT2D eigenvalue weighted by Gasteiger charge is -2.35. The highest BCUT2D eigenvalue weighted by atomic mass is 16.5. The lowest BCUT2D eigenvalue weighted by Crippen LogP contribution is -2.45. The largest absolute Gasteiger partial charge is 0.382 e. The van der Waals surface area contributed by atoms with Crippen molar-refractivity contribution in [3.8, 4) is 0 Å². The molecule has 0 unspecified atom stereocenters. The van der Waals surface area contributed by atoms with Crippen LogP contribution in [-0.4, -0.2) is 59.5 Å². The first-order valence-corrected chi connectivity index (χ1v) is 7.01. The molecule has 1 aromatic rings. The summed E-state index contributed by atoms with van der Waals surface area (Å²) in [6.45, 7) is 1.38. The third-order valence-electron chi connectivity index (χ3n) is 4.08. The predicted molar refractivity (Wildman–Crippen MR) is 71.2 cm³/mol. The van der Waals surface area contributed by atoms with Crippen molar-refractivity contribution in [2.75, 3.05) is 20.3 Å². The molecule has 0 N–H and O–H groups in total. The summed E-state index contributed by atoms with van der Waals surface area (Å²) >= 11 is 0. The third kappa shape index (κ3) is 2.53. The molecule has 0 aromatic carbocycles. The number of nitrogens with zero attached hydrogens (tertiary/aromatic N) is 3. The Balaban J connectivity index is 1.68. The van der Waals surface area contributed by atoms with Crippen LogP contribution >= 0.6 is 0 Å². The first kappa shape index (κ1) is 13.5. The van der Waals surface area contributed by atoms with E-state index in [1.807, 2.05) is 4.90 Å². The molecule has 0 spiro atoms. The van der Waals surface area contributed by atoms with E-state index in [0.29, 0.717) is 12.2 Å². The average molecular weight is 277 g/mol. The summed E-state index contributed by atoms with van der Waals surface area (Å²) in [5.41, 5.74) is 0.597. The zero-order chi connectivity index (χ0) is 13.9. The molecule has 3 atom stereocenters. The van der Waals surface area contributed by atoms with Gasteiger partial charge in [0.2, 0.25) is 0 Å². The van der Waals surface area contributed by atoms with Crippen LogP contribution in [0.1, 0.15) is 29.6 Å². The van der Waals surface area contributed by atoms with E-state index in [-0.39, 0.29) is 24.2 Å². The maximum atomic E-state index is 12.5. The molecule has 2 aliphatic heterocycles. The zero-order valence-electron chi connectivity index (χ0n) is 11.6. The highest BCUT2D eigenvalue weighted by Gasteiger charge is 2.42. The summed E-state index contributed by atoms with van der Waals surface area (Å²) in [5.74, 6) is 0.0289. The van der Waals surface area contributed by atoms with E-state index in [1.165, 1.54) is 6.20 Å². The van der Waals surface area contributed by atoms with Crippen molar-refractivity contribution < 1.29 is 14.3 Å². The van der Waals surface area contributed by atoms with Crippen molar-refractivity contribution in [3.05, 3.63) is 24.0 Å². The molecule has 6 heteroatoms. The Kier molecular flexibility index (Phi) is 3.93. The Morgan fingerprint density at radius 1 is 1.45 bits per heavy atom. The van der Waals surface area contributed by atoms with Crippen molar-refractivity contribution >= 4 is 5.91 Å². The smallest absolute Gasteiger partial charge is 0.255 e. The van der Waals surface area contributed by atoms with E-state index >= 15 is 0 Å². The minimum atomic E-state index is 0.0289. The van der Waals surface area contributed by atoms with Gasteiger partial charge in [-0.1, -0.05) is 0 Å².